The smallest absolute Gasteiger partial charge is 0.277 e. The van der Waals surface area contributed by atoms with Crippen LogP contribution in [0.25, 0.3) is 0 Å². The Kier molecular flexibility index (Phi) is 3.18. The third-order valence-electron chi connectivity index (χ3n) is 2.96. The molecule has 1 aliphatic heterocycles. The molecule has 0 aliphatic carbocycles. The summed E-state index contributed by atoms with van der Waals surface area (Å²) in [6, 6.07) is 2.85. The van der Waals surface area contributed by atoms with Gasteiger partial charge in [0, 0.05) is 11.5 Å². The summed E-state index contributed by atoms with van der Waals surface area (Å²) in [4.78, 5) is 21.9. The van der Waals surface area contributed by atoms with Crippen molar-refractivity contribution in [3.05, 3.63) is 27.8 Å². The Morgan fingerprint density at radius 2 is 1.89 bits per heavy atom. The zero-order valence-electron chi connectivity index (χ0n) is 10.1. The largest absolute Gasteiger partial charge is 0.486 e. The van der Waals surface area contributed by atoms with Crippen LogP contribution in [0.4, 0.5) is 5.69 Å². The molecule has 0 bridgehead atoms. The number of nitro benzene ring substituents is 1. The van der Waals surface area contributed by atoms with Crippen LogP contribution in [0.2, 0.25) is 0 Å². The molecule has 1 aromatic rings. The number of carbonyl (C=O) groups excluding carboxylic acids is 1. The molecule has 1 heterocycles. The van der Waals surface area contributed by atoms with Gasteiger partial charge >= 0.3 is 0 Å². The molecule has 1 aliphatic rings. The molecule has 0 fully saturated rings. The van der Waals surface area contributed by atoms with Crippen molar-refractivity contribution in [3.63, 3.8) is 0 Å². The number of benzene rings is 1. The minimum atomic E-state index is -0.541. The normalized spacial score (nSPS) is 15.0. The maximum absolute atomic E-state index is 11.4. The predicted molar refractivity (Wildman–Crippen MR) is 63.2 cm³/mol. The van der Waals surface area contributed by atoms with E-state index in [0.29, 0.717) is 30.3 Å². The van der Waals surface area contributed by atoms with E-state index >= 15 is 0 Å². The second-order valence-electron chi connectivity index (χ2n) is 4.14. The molecule has 6 nitrogen and oxygen atoms in total. The first kappa shape index (κ1) is 12.3. The van der Waals surface area contributed by atoms with Gasteiger partial charge in [0.2, 0.25) is 0 Å². The van der Waals surface area contributed by atoms with E-state index in [4.69, 9.17) is 9.47 Å². The molecule has 1 atom stereocenters. The number of hydrogen-bond acceptors (Lipinski definition) is 5. The van der Waals surface area contributed by atoms with E-state index in [-0.39, 0.29) is 11.5 Å². The molecule has 1 aromatic carbocycles. The van der Waals surface area contributed by atoms with Crippen LogP contribution < -0.4 is 9.47 Å². The Morgan fingerprint density at radius 3 is 2.39 bits per heavy atom. The van der Waals surface area contributed by atoms with Gasteiger partial charge in [0.25, 0.3) is 5.69 Å². The summed E-state index contributed by atoms with van der Waals surface area (Å²) in [6.45, 7) is 3.82. The summed E-state index contributed by atoms with van der Waals surface area (Å²) >= 11 is 0. The lowest BCUT2D eigenvalue weighted by Gasteiger charge is -2.20. The van der Waals surface area contributed by atoms with Crippen molar-refractivity contribution in [2.24, 2.45) is 0 Å². The van der Waals surface area contributed by atoms with Crippen LogP contribution >= 0.6 is 0 Å². The fourth-order valence-electron chi connectivity index (χ4n) is 1.82. The van der Waals surface area contributed by atoms with Crippen LogP contribution in [0.15, 0.2) is 12.1 Å². The number of carbonyl (C=O) groups is 1. The number of Topliss-reactive ketones (excluding diaryl/α,β-unsaturated/α-hetero) is 1. The third-order valence-corrected chi connectivity index (χ3v) is 2.96. The van der Waals surface area contributed by atoms with Gasteiger partial charge in [-0.05, 0) is 13.0 Å². The van der Waals surface area contributed by atoms with E-state index < -0.39 is 10.8 Å². The van der Waals surface area contributed by atoms with Crippen molar-refractivity contribution >= 4 is 11.5 Å². The first-order valence-electron chi connectivity index (χ1n) is 5.59. The number of ketones is 1. The molecule has 0 amide bonds. The molecule has 1 unspecified atom stereocenters. The van der Waals surface area contributed by atoms with E-state index in [2.05, 4.69) is 0 Å². The third kappa shape index (κ3) is 2.13. The molecule has 0 saturated heterocycles. The monoisotopic (exact) mass is 251 g/mol. The molecule has 2 rings (SSSR count). The molecule has 6 heteroatoms. The maximum Gasteiger partial charge on any atom is 0.277 e. The van der Waals surface area contributed by atoms with Crippen LogP contribution in [-0.2, 0) is 4.79 Å². The SMILES string of the molecule is CC(=O)C(C)c1cc2c(cc1[N+](=O)[O-])OCCO2. The first-order valence-corrected chi connectivity index (χ1v) is 5.59. The summed E-state index contributed by atoms with van der Waals surface area (Å²) < 4.78 is 10.7. The summed E-state index contributed by atoms with van der Waals surface area (Å²) in [7, 11) is 0. The first-order chi connectivity index (χ1) is 8.50. The van der Waals surface area contributed by atoms with Crippen molar-refractivity contribution < 1.29 is 19.2 Å². The summed E-state index contributed by atoms with van der Waals surface area (Å²) in [5.74, 6) is 0.137. The van der Waals surface area contributed by atoms with Crippen LogP contribution in [0.5, 0.6) is 11.5 Å². The highest BCUT2D eigenvalue weighted by molar-refractivity contribution is 5.84. The second kappa shape index (κ2) is 4.64. The van der Waals surface area contributed by atoms with Crippen molar-refractivity contribution in [3.8, 4) is 11.5 Å². The summed E-state index contributed by atoms with van der Waals surface area (Å²) in [5, 5.41) is 11.0. The van der Waals surface area contributed by atoms with Crippen molar-refractivity contribution in [1.29, 1.82) is 0 Å². The summed E-state index contributed by atoms with van der Waals surface area (Å²) in [6.07, 6.45) is 0. The van der Waals surface area contributed by atoms with Gasteiger partial charge in [-0.2, -0.15) is 0 Å². The molecule has 0 saturated carbocycles. The zero-order chi connectivity index (χ0) is 13.3. The standard InChI is InChI=1S/C12H13NO5/c1-7(8(2)14)9-5-11-12(18-4-3-17-11)6-10(9)13(15)16/h5-7H,3-4H2,1-2H3. The van der Waals surface area contributed by atoms with Crippen LogP contribution in [0.1, 0.15) is 25.3 Å². The van der Waals surface area contributed by atoms with E-state index in [1.165, 1.54) is 19.1 Å². The Hall–Kier alpha value is -2.11. The van der Waals surface area contributed by atoms with E-state index in [0.717, 1.165) is 0 Å². The van der Waals surface area contributed by atoms with Gasteiger partial charge in [0.1, 0.15) is 19.0 Å². The van der Waals surface area contributed by atoms with Gasteiger partial charge in [-0.15, -0.1) is 0 Å². The Balaban J connectivity index is 2.55. The topological polar surface area (TPSA) is 78.7 Å². The number of rotatable bonds is 3. The molecule has 96 valence electrons. The van der Waals surface area contributed by atoms with Crippen molar-refractivity contribution in [2.75, 3.05) is 13.2 Å². The lowest BCUT2D eigenvalue weighted by atomic mass is 9.95. The van der Waals surface area contributed by atoms with Gasteiger partial charge in [-0.1, -0.05) is 6.92 Å². The van der Waals surface area contributed by atoms with Crippen LogP contribution in [-0.4, -0.2) is 23.9 Å². The highest BCUT2D eigenvalue weighted by Crippen LogP contribution is 2.39. The summed E-state index contributed by atoms with van der Waals surface area (Å²) in [5.41, 5.74) is 0.249. The lowest BCUT2D eigenvalue weighted by Crippen LogP contribution is -2.17. The number of hydrogen-bond donors (Lipinski definition) is 0. The van der Waals surface area contributed by atoms with Gasteiger partial charge in [0.05, 0.1) is 11.0 Å². The molecular weight excluding hydrogens is 238 g/mol. The van der Waals surface area contributed by atoms with Crippen LogP contribution in [0.3, 0.4) is 0 Å². The van der Waals surface area contributed by atoms with Crippen LogP contribution in [0, 0.1) is 10.1 Å². The molecule has 0 spiro atoms. The highest BCUT2D eigenvalue weighted by atomic mass is 16.6. The fourth-order valence-corrected chi connectivity index (χ4v) is 1.82. The molecular formula is C12H13NO5. The predicted octanol–water partition coefficient (Wildman–Crippen LogP) is 2.06. The molecule has 0 N–H and O–H groups in total. The van der Waals surface area contributed by atoms with Gasteiger partial charge < -0.3 is 9.47 Å². The average Bonchev–Trinajstić information content (AvgIpc) is 2.36. The zero-order valence-corrected chi connectivity index (χ0v) is 10.1. The van der Waals surface area contributed by atoms with Crippen molar-refractivity contribution in [1.82, 2.24) is 0 Å². The minimum absolute atomic E-state index is 0.109. The molecule has 18 heavy (non-hydrogen) atoms. The quantitative estimate of drug-likeness (QED) is 0.606. The fraction of sp³-hybridized carbons (Fsp3) is 0.417. The lowest BCUT2D eigenvalue weighted by molar-refractivity contribution is -0.385. The Morgan fingerprint density at radius 1 is 1.33 bits per heavy atom. The number of nitro groups is 1. The van der Waals surface area contributed by atoms with Gasteiger partial charge in [0.15, 0.2) is 11.5 Å². The van der Waals surface area contributed by atoms with E-state index in [9.17, 15) is 14.9 Å². The second-order valence-corrected chi connectivity index (χ2v) is 4.14. The van der Waals surface area contributed by atoms with Crippen molar-refractivity contribution in [2.45, 2.75) is 19.8 Å². The average molecular weight is 251 g/mol. The maximum atomic E-state index is 11.4. The van der Waals surface area contributed by atoms with Gasteiger partial charge in [-0.3, -0.25) is 14.9 Å². The number of nitrogens with zero attached hydrogens (tertiary/aromatic N) is 1. The van der Waals surface area contributed by atoms with Gasteiger partial charge in [-0.25, -0.2) is 0 Å². The molecule has 0 radical (unpaired) electrons. The Bertz CT molecular complexity index is 511. The van der Waals surface area contributed by atoms with E-state index in [1.54, 1.807) is 6.92 Å². The Labute approximate surface area is 104 Å². The van der Waals surface area contributed by atoms with E-state index in [1.807, 2.05) is 0 Å². The minimum Gasteiger partial charge on any atom is -0.486 e. The number of fused-ring (bicyclic) bond motifs is 1. The highest BCUT2D eigenvalue weighted by Gasteiger charge is 2.26. The number of ether oxygens (including phenoxy) is 2. The molecule has 0 aromatic heterocycles.